The maximum atomic E-state index is 5.98. The fourth-order valence-corrected chi connectivity index (χ4v) is 3.63. The number of hydrogen-bond donors (Lipinski definition) is 0. The third-order valence-corrected chi connectivity index (χ3v) is 5.27. The molecular weight excluding hydrogens is 420 g/mol. The molecule has 3 rings (SSSR count). The Balaban J connectivity index is 1.90. The molecule has 0 fully saturated rings. The van der Waals surface area contributed by atoms with Crippen molar-refractivity contribution in [3.05, 3.63) is 64.2 Å². The second kappa shape index (κ2) is 8.90. The molecule has 0 spiro atoms. The lowest BCUT2D eigenvalue weighted by atomic mass is 10.2. The Bertz CT molecular complexity index is 818. The third kappa shape index (κ3) is 5.11. The highest BCUT2D eigenvalue weighted by Gasteiger charge is 2.13. The van der Waals surface area contributed by atoms with E-state index >= 15 is 0 Å². The van der Waals surface area contributed by atoms with Gasteiger partial charge in [0.2, 0.25) is 0 Å². The van der Waals surface area contributed by atoms with E-state index in [-0.39, 0.29) is 0 Å². The van der Waals surface area contributed by atoms with Crippen LogP contribution in [0.1, 0.15) is 13.3 Å². The molecule has 0 aliphatic rings. The van der Waals surface area contributed by atoms with Crippen molar-refractivity contribution in [3.63, 3.8) is 0 Å². The lowest BCUT2D eigenvalue weighted by Gasteiger charge is -2.03. The molecule has 0 aliphatic carbocycles. The SMILES string of the molecule is CCCOCn1cc(Sc2ccc(Cl)cc2)c(-c2ccc(Br)cc2)n1. The molecule has 3 nitrogen and oxygen atoms in total. The van der Waals surface area contributed by atoms with Gasteiger partial charge in [-0.3, -0.25) is 0 Å². The van der Waals surface area contributed by atoms with E-state index < -0.39 is 0 Å². The van der Waals surface area contributed by atoms with Gasteiger partial charge in [0, 0.05) is 32.8 Å². The Hall–Kier alpha value is -1.27. The second-order valence-corrected chi connectivity index (χ2v) is 7.95. The molecule has 6 heteroatoms. The first kappa shape index (κ1) is 18.5. The fourth-order valence-electron chi connectivity index (χ4n) is 2.28. The van der Waals surface area contributed by atoms with E-state index in [4.69, 9.17) is 21.4 Å². The Kier molecular flexibility index (Phi) is 6.59. The topological polar surface area (TPSA) is 27.1 Å². The van der Waals surface area contributed by atoms with Crippen molar-refractivity contribution in [2.24, 2.45) is 0 Å². The van der Waals surface area contributed by atoms with Gasteiger partial charge in [-0.15, -0.1) is 0 Å². The molecule has 0 atom stereocenters. The zero-order chi connectivity index (χ0) is 17.6. The van der Waals surface area contributed by atoms with Crippen molar-refractivity contribution in [2.45, 2.75) is 29.9 Å². The van der Waals surface area contributed by atoms with Gasteiger partial charge in [0.25, 0.3) is 0 Å². The molecule has 1 aromatic heterocycles. The second-order valence-electron chi connectivity index (χ2n) is 5.48. The minimum atomic E-state index is 0.457. The maximum Gasteiger partial charge on any atom is 0.139 e. The Morgan fingerprint density at radius 1 is 1.12 bits per heavy atom. The van der Waals surface area contributed by atoms with E-state index in [9.17, 15) is 0 Å². The minimum Gasteiger partial charge on any atom is -0.359 e. The average Bonchev–Trinajstić information content (AvgIpc) is 3.00. The van der Waals surface area contributed by atoms with Crippen LogP contribution < -0.4 is 0 Å². The fraction of sp³-hybridized carbons (Fsp3) is 0.211. The number of hydrogen-bond acceptors (Lipinski definition) is 3. The van der Waals surface area contributed by atoms with E-state index in [2.05, 4.69) is 35.0 Å². The van der Waals surface area contributed by atoms with E-state index in [1.807, 2.05) is 47.3 Å². The van der Waals surface area contributed by atoms with Crippen molar-refractivity contribution in [1.82, 2.24) is 9.78 Å². The smallest absolute Gasteiger partial charge is 0.139 e. The molecule has 0 saturated heterocycles. The zero-order valence-corrected chi connectivity index (χ0v) is 16.9. The van der Waals surface area contributed by atoms with E-state index in [1.54, 1.807) is 11.8 Å². The van der Waals surface area contributed by atoms with Crippen LogP contribution in [0.15, 0.2) is 69.0 Å². The van der Waals surface area contributed by atoms with Crippen LogP contribution in [-0.2, 0) is 11.5 Å². The molecule has 0 unspecified atom stereocenters. The molecule has 0 bridgehead atoms. The molecule has 2 aromatic carbocycles. The lowest BCUT2D eigenvalue weighted by molar-refractivity contribution is 0.0693. The summed E-state index contributed by atoms with van der Waals surface area (Å²) in [5.74, 6) is 0. The number of nitrogens with zero attached hydrogens (tertiary/aromatic N) is 2. The summed E-state index contributed by atoms with van der Waals surface area (Å²) in [6.45, 7) is 3.28. The van der Waals surface area contributed by atoms with Crippen molar-refractivity contribution >= 4 is 39.3 Å². The number of aromatic nitrogens is 2. The van der Waals surface area contributed by atoms with Gasteiger partial charge >= 0.3 is 0 Å². The highest BCUT2D eigenvalue weighted by Crippen LogP contribution is 2.36. The molecule has 0 radical (unpaired) electrons. The van der Waals surface area contributed by atoms with Gasteiger partial charge in [-0.1, -0.05) is 58.3 Å². The van der Waals surface area contributed by atoms with E-state index in [0.29, 0.717) is 6.73 Å². The van der Waals surface area contributed by atoms with Gasteiger partial charge in [0.15, 0.2) is 0 Å². The van der Waals surface area contributed by atoms with Gasteiger partial charge in [0.05, 0.1) is 4.90 Å². The number of halogens is 2. The van der Waals surface area contributed by atoms with Crippen molar-refractivity contribution in [3.8, 4) is 11.3 Å². The van der Waals surface area contributed by atoms with Gasteiger partial charge in [-0.05, 0) is 42.8 Å². The molecular formula is C19H18BrClN2OS. The largest absolute Gasteiger partial charge is 0.359 e. The standard InChI is InChI=1S/C19H18BrClN2OS/c1-2-11-24-13-23-12-18(25-17-9-7-16(21)8-10-17)19(22-23)14-3-5-15(20)6-4-14/h3-10,12H,2,11,13H2,1H3. The Morgan fingerprint density at radius 2 is 1.84 bits per heavy atom. The monoisotopic (exact) mass is 436 g/mol. The molecule has 25 heavy (non-hydrogen) atoms. The summed E-state index contributed by atoms with van der Waals surface area (Å²) in [5, 5.41) is 5.46. The van der Waals surface area contributed by atoms with Gasteiger partial charge in [-0.25, -0.2) is 4.68 Å². The first-order valence-electron chi connectivity index (χ1n) is 8.00. The highest BCUT2D eigenvalue weighted by atomic mass is 79.9. The average molecular weight is 438 g/mol. The molecule has 0 aliphatic heterocycles. The molecule has 1 heterocycles. The predicted molar refractivity (Wildman–Crippen MR) is 107 cm³/mol. The minimum absolute atomic E-state index is 0.457. The van der Waals surface area contributed by atoms with Crippen LogP contribution in [-0.4, -0.2) is 16.4 Å². The van der Waals surface area contributed by atoms with Crippen LogP contribution in [0.3, 0.4) is 0 Å². The molecule has 3 aromatic rings. The van der Waals surface area contributed by atoms with Crippen molar-refractivity contribution < 1.29 is 4.74 Å². The highest BCUT2D eigenvalue weighted by molar-refractivity contribution is 9.10. The van der Waals surface area contributed by atoms with E-state index in [1.165, 1.54) is 0 Å². The molecule has 0 saturated carbocycles. The Labute approximate surface area is 165 Å². The molecule has 130 valence electrons. The third-order valence-electron chi connectivity index (χ3n) is 3.46. The van der Waals surface area contributed by atoms with Crippen molar-refractivity contribution in [2.75, 3.05) is 6.61 Å². The van der Waals surface area contributed by atoms with Crippen LogP contribution in [0.25, 0.3) is 11.3 Å². The normalized spacial score (nSPS) is 11.0. The summed E-state index contributed by atoms with van der Waals surface area (Å²) in [7, 11) is 0. The van der Waals surface area contributed by atoms with Gasteiger partial charge in [0.1, 0.15) is 12.4 Å². The first-order valence-corrected chi connectivity index (χ1v) is 9.99. The lowest BCUT2D eigenvalue weighted by Crippen LogP contribution is -2.03. The maximum absolute atomic E-state index is 5.98. The summed E-state index contributed by atoms with van der Waals surface area (Å²) in [4.78, 5) is 2.21. The van der Waals surface area contributed by atoms with Crippen LogP contribution in [0.4, 0.5) is 0 Å². The first-order chi connectivity index (χ1) is 12.2. The zero-order valence-electron chi connectivity index (χ0n) is 13.8. The summed E-state index contributed by atoms with van der Waals surface area (Å²) >= 11 is 11.1. The Morgan fingerprint density at radius 3 is 2.52 bits per heavy atom. The number of benzene rings is 2. The number of rotatable bonds is 7. The van der Waals surface area contributed by atoms with Gasteiger partial charge < -0.3 is 4.74 Å². The van der Waals surface area contributed by atoms with Crippen LogP contribution in [0, 0.1) is 0 Å². The molecule has 0 N–H and O–H groups in total. The summed E-state index contributed by atoms with van der Waals surface area (Å²) in [6, 6.07) is 16.0. The summed E-state index contributed by atoms with van der Waals surface area (Å²) in [5.41, 5.74) is 2.03. The molecule has 0 amide bonds. The van der Waals surface area contributed by atoms with Crippen LogP contribution in [0.2, 0.25) is 5.02 Å². The predicted octanol–water partition coefficient (Wildman–Crippen LogP) is 6.50. The summed E-state index contributed by atoms with van der Waals surface area (Å²) < 4.78 is 8.53. The van der Waals surface area contributed by atoms with Crippen molar-refractivity contribution in [1.29, 1.82) is 0 Å². The van der Waals surface area contributed by atoms with E-state index in [0.717, 1.165) is 43.6 Å². The summed E-state index contributed by atoms with van der Waals surface area (Å²) in [6.07, 6.45) is 3.03. The van der Waals surface area contributed by atoms with Crippen LogP contribution >= 0.6 is 39.3 Å². The quantitative estimate of drug-likeness (QED) is 0.395. The van der Waals surface area contributed by atoms with Gasteiger partial charge in [-0.2, -0.15) is 5.10 Å². The van der Waals surface area contributed by atoms with Crippen LogP contribution in [0.5, 0.6) is 0 Å². The number of ether oxygens (including phenoxy) is 1.